The average molecular weight is 490 g/mol. The smallest absolute Gasteiger partial charge is 0.345 e. The molecule has 0 aliphatic carbocycles. The van der Waals surface area contributed by atoms with Gasteiger partial charge in [-0.05, 0) is 76.3 Å². The molecule has 3 aliphatic rings. The van der Waals surface area contributed by atoms with Gasteiger partial charge in [0.25, 0.3) is 0 Å². The molecule has 3 aliphatic heterocycles. The number of fused-ring (bicyclic) bond motifs is 3. The van der Waals surface area contributed by atoms with E-state index in [1.165, 1.54) is 34.7 Å². The van der Waals surface area contributed by atoms with E-state index in [-0.39, 0.29) is 11.9 Å². The highest BCUT2D eigenvalue weighted by Gasteiger charge is 2.51. The number of carbonyl (C=O) groups is 2. The molecule has 0 fully saturated rings. The predicted molar refractivity (Wildman–Crippen MR) is 135 cm³/mol. The predicted octanol–water partition coefficient (Wildman–Crippen LogP) is 5.99. The summed E-state index contributed by atoms with van der Waals surface area (Å²) in [7, 11) is 0. The fourth-order valence-corrected chi connectivity index (χ4v) is 8.34. The largest absolute Gasteiger partial charge is 0.462 e. The van der Waals surface area contributed by atoms with Crippen molar-refractivity contribution in [3.05, 3.63) is 55.0 Å². The number of anilines is 1. The Morgan fingerprint density at radius 1 is 1.00 bits per heavy atom. The Hall–Kier alpha value is -1.77. The van der Waals surface area contributed by atoms with Crippen LogP contribution in [0, 0.1) is 13.8 Å². The van der Waals surface area contributed by atoms with Gasteiger partial charge in [-0.15, -0.1) is 11.8 Å². The average Bonchev–Trinajstić information content (AvgIpc) is 3.14. The Kier molecular flexibility index (Phi) is 6.24. The molecule has 1 atom stereocenters. The molecule has 1 aromatic rings. The first-order valence-electron chi connectivity index (χ1n) is 10.6. The molecule has 0 amide bonds. The number of nitrogens with one attached hydrogen (secondary N) is 1. The molecule has 0 bridgehead atoms. The monoisotopic (exact) mass is 489 g/mol. The number of aryl methyl sites for hydroxylation is 2. The molecular formula is C24H27NO4S3. The van der Waals surface area contributed by atoms with Crippen molar-refractivity contribution in [3.63, 3.8) is 0 Å². The first-order chi connectivity index (χ1) is 15.1. The maximum atomic E-state index is 12.8. The van der Waals surface area contributed by atoms with Gasteiger partial charge in [-0.1, -0.05) is 23.5 Å². The van der Waals surface area contributed by atoms with E-state index in [9.17, 15) is 9.59 Å². The second-order valence-electron chi connectivity index (χ2n) is 8.36. The van der Waals surface area contributed by atoms with Crippen LogP contribution in [0.1, 0.15) is 44.4 Å². The van der Waals surface area contributed by atoms with Crippen molar-refractivity contribution in [1.29, 1.82) is 0 Å². The van der Waals surface area contributed by atoms with Crippen LogP contribution in [0.25, 0.3) is 5.57 Å². The van der Waals surface area contributed by atoms with Crippen molar-refractivity contribution in [2.45, 2.75) is 51.2 Å². The van der Waals surface area contributed by atoms with Crippen molar-refractivity contribution in [2.24, 2.45) is 0 Å². The number of esters is 2. The molecule has 1 spiro atoms. The summed E-state index contributed by atoms with van der Waals surface area (Å²) in [6.07, 6.45) is 1.97. The summed E-state index contributed by atoms with van der Waals surface area (Å²) < 4.78 is 9.97. The third-order valence-electron chi connectivity index (χ3n) is 5.58. The Balaban J connectivity index is 1.90. The third-order valence-corrected chi connectivity index (χ3v) is 9.85. The number of carbonyl (C=O) groups excluding carboxylic acids is 2. The molecule has 32 heavy (non-hydrogen) atoms. The minimum atomic E-state index is -0.652. The van der Waals surface area contributed by atoms with Crippen LogP contribution in [0.2, 0.25) is 0 Å². The number of hydrogen-bond donors (Lipinski definition) is 1. The minimum Gasteiger partial charge on any atom is -0.462 e. The third kappa shape index (κ3) is 3.90. The molecule has 1 N–H and O–H groups in total. The molecule has 0 aromatic heterocycles. The molecule has 3 heterocycles. The summed E-state index contributed by atoms with van der Waals surface area (Å²) in [4.78, 5) is 27.5. The van der Waals surface area contributed by atoms with Crippen molar-refractivity contribution in [2.75, 3.05) is 18.5 Å². The van der Waals surface area contributed by atoms with Crippen LogP contribution in [0.3, 0.4) is 0 Å². The Bertz CT molecular complexity index is 1100. The fraction of sp³-hybridized carbons (Fsp3) is 0.417. The van der Waals surface area contributed by atoms with Crippen LogP contribution < -0.4 is 5.32 Å². The molecule has 5 nitrogen and oxygen atoms in total. The van der Waals surface area contributed by atoms with Gasteiger partial charge in [-0.3, -0.25) is 0 Å². The van der Waals surface area contributed by atoms with Gasteiger partial charge in [-0.2, -0.15) is 0 Å². The Morgan fingerprint density at radius 3 is 2.28 bits per heavy atom. The molecule has 8 heteroatoms. The summed E-state index contributed by atoms with van der Waals surface area (Å²) in [5.41, 5.74) is 5.31. The van der Waals surface area contributed by atoms with Gasteiger partial charge in [0.15, 0.2) is 0 Å². The minimum absolute atomic E-state index is 0.311. The van der Waals surface area contributed by atoms with Gasteiger partial charge >= 0.3 is 11.9 Å². The lowest BCUT2D eigenvalue weighted by atomic mass is 9.86. The number of thioether (sulfide) groups is 3. The Labute approximate surface area is 201 Å². The zero-order chi connectivity index (χ0) is 23.3. The molecule has 170 valence electrons. The zero-order valence-corrected chi connectivity index (χ0v) is 21.5. The van der Waals surface area contributed by atoms with Gasteiger partial charge in [0.05, 0.1) is 23.7 Å². The topological polar surface area (TPSA) is 64.6 Å². The number of benzene rings is 1. The SMILES string of the molecule is CCOC(=O)C1=CC2(SC=C(C(=O)OCC)S2)C2=C(S1)C(C)(C)Nc1cc(C)c(C)cc12. The van der Waals surface area contributed by atoms with Gasteiger partial charge < -0.3 is 14.8 Å². The van der Waals surface area contributed by atoms with E-state index in [1.54, 1.807) is 25.6 Å². The fourth-order valence-electron chi connectivity index (χ4n) is 3.98. The highest BCUT2D eigenvalue weighted by atomic mass is 32.2. The number of rotatable bonds is 4. The molecular weight excluding hydrogens is 462 g/mol. The van der Waals surface area contributed by atoms with Crippen molar-refractivity contribution < 1.29 is 19.1 Å². The van der Waals surface area contributed by atoms with E-state index >= 15 is 0 Å². The molecule has 1 unspecified atom stereocenters. The van der Waals surface area contributed by atoms with Crippen molar-refractivity contribution in [1.82, 2.24) is 0 Å². The summed E-state index contributed by atoms with van der Waals surface area (Å²) in [5, 5.41) is 5.53. The van der Waals surface area contributed by atoms with E-state index in [0.717, 1.165) is 21.7 Å². The van der Waals surface area contributed by atoms with E-state index in [4.69, 9.17) is 9.47 Å². The highest BCUT2D eigenvalue weighted by Crippen LogP contribution is 2.65. The van der Waals surface area contributed by atoms with Crippen LogP contribution in [-0.2, 0) is 19.1 Å². The van der Waals surface area contributed by atoms with Crippen molar-refractivity contribution in [3.8, 4) is 0 Å². The first kappa shape index (κ1) is 23.4. The summed E-state index contributed by atoms with van der Waals surface area (Å²) in [6.45, 7) is 12.7. The number of hydrogen-bond acceptors (Lipinski definition) is 8. The van der Waals surface area contributed by atoms with Crippen LogP contribution in [0.5, 0.6) is 0 Å². The van der Waals surface area contributed by atoms with Gasteiger partial charge in [0.1, 0.15) is 8.98 Å². The maximum Gasteiger partial charge on any atom is 0.345 e. The normalized spacial score (nSPS) is 23.1. The quantitative estimate of drug-likeness (QED) is 0.517. The summed E-state index contributed by atoms with van der Waals surface area (Å²) in [5.74, 6) is -0.669. The molecule has 4 rings (SSSR count). The zero-order valence-electron chi connectivity index (χ0n) is 19.1. The lowest BCUT2D eigenvalue weighted by molar-refractivity contribution is -0.138. The van der Waals surface area contributed by atoms with Crippen LogP contribution in [0.4, 0.5) is 5.69 Å². The van der Waals surface area contributed by atoms with E-state index < -0.39 is 9.62 Å². The highest BCUT2D eigenvalue weighted by molar-refractivity contribution is 8.25. The van der Waals surface area contributed by atoms with Crippen LogP contribution in [0.15, 0.2) is 38.3 Å². The second-order valence-corrected chi connectivity index (χ2v) is 12.1. The molecule has 0 saturated heterocycles. The van der Waals surface area contributed by atoms with E-state index in [2.05, 4.69) is 45.1 Å². The van der Waals surface area contributed by atoms with Gasteiger partial charge in [0, 0.05) is 21.7 Å². The van der Waals surface area contributed by atoms with E-state index in [0.29, 0.717) is 23.0 Å². The van der Waals surface area contributed by atoms with Gasteiger partial charge in [-0.25, -0.2) is 9.59 Å². The second kappa shape index (κ2) is 8.54. The maximum absolute atomic E-state index is 12.8. The van der Waals surface area contributed by atoms with Crippen molar-refractivity contribution >= 4 is 58.5 Å². The Morgan fingerprint density at radius 2 is 1.62 bits per heavy atom. The van der Waals surface area contributed by atoms with Crippen LogP contribution >= 0.6 is 35.3 Å². The number of ether oxygens (including phenoxy) is 2. The summed E-state index contributed by atoms with van der Waals surface area (Å²) in [6, 6.07) is 4.39. The van der Waals surface area contributed by atoms with E-state index in [1.807, 2.05) is 11.5 Å². The lowest BCUT2D eigenvalue weighted by Crippen LogP contribution is -2.41. The standard InChI is InChI=1S/C24H27NO4S3/c1-7-28-21(26)17-11-24(30-12-18(32-24)22(27)29-8-2)19-15-9-13(3)14(4)10-16(15)25-23(5,6)20(19)31-17/h9-12,25H,7-8H2,1-6H3. The molecule has 0 saturated carbocycles. The summed E-state index contributed by atoms with van der Waals surface area (Å²) >= 11 is 4.45. The first-order valence-corrected chi connectivity index (χ1v) is 13.1. The molecule has 0 radical (unpaired) electrons. The lowest BCUT2D eigenvalue weighted by Gasteiger charge is -2.45. The van der Waals surface area contributed by atoms with Crippen LogP contribution in [-0.4, -0.2) is 34.8 Å². The van der Waals surface area contributed by atoms with Gasteiger partial charge in [0.2, 0.25) is 0 Å². The molecule has 1 aromatic carbocycles.